The highest BCUT2D eigenvalue weighted by Gasteiger charge is 2.83. The van der Waals surface area contributed by atoms with Gasteiger partial charge in [-0.3, -0.25) is 0 Å². The lowest BCUT2D eigenvalue weighted by Crippen LogP contribution is -2.51. The van der Waals surface area contributed by atoms with Crippen LogP contribution < -0.4 is 0 Å². The second-order valence-electron chi connectivity index (χ2n) is 7.45. The molecule has 19 heavy (non-hydrogen) atoms. The van der Waals surface area contributed by atoms with Crippen LogP contribution in [-0.4, -0.2) is 22.9 Å². The van der Waals surface area contributed by atoms with Crippen molar-refractivity contribution < 1.29 is 14.3 Å². The van der Waals surface area contributed by atoms with Crippen LogP contribution in [0.25, 0.3) is 0 Å². The number of aliphatic hydroxyl groups is 1. The Morgan fingerprint density at radius 2 is 2.05 bits per heavy atom. The van der Waals surface area contributed by atoms with E-state index in [-0.39, 0.29) is 28.5 Å². The van der Waals surface area contributed by atoms with Crippen molar-refractivity contribution in [2.45, 2.75) is 63.8 Å². The Kier molecular flexibility index (Phi) is 2.06. The van der Waals surface area contributed by atoms with Crippen LogP contribution in [0.2, 0.25) is 0 Å². The summed E-state index contributed by atoms with van der Waals surface area (Å²) in [6.07, 6.45) is 6.62. The van der Waals surface area contributed by atoms with Crippen molar-refractivity contribution in [2.75, 3.05) is 0 Å². The van der Waals surface area contributed by atoms with E-state index in [0.29, 0.717) is 0 Å². The number of furan rings is 1. The number of hydrogen-bond acceptors (Lipinski definition) is 3. The van der Waals surface area contributed by atoms with Gasteiger partial charge < -0.3 is 14.3 Å². The van der Waals surface area contributed by atoms with E-state index in [9.17, 15) is 5.11 Å². The Balaban J connectivity index is 1.85. The number of rotatable bonds is 1. The summed E-state index contributed by atoms with van der Waals surface area (Å²) in [5.41, 5.74) is 1.15. The average molecular weight is 262 g/mol. The molecule has 0 radical (unpaired) electrons. The van der Waals surface area contributed by atoms with Crippen LogP contribution in [0.15, 0.2) is 23.0 Å². The third kappa shape index (κ3) is 1.13. The van der Waals surface area contributed by atoms with Gasteiger partial charge in [0.1, 0.15) is 11.7 Å². The average Bonchev–Trinajstić information content (AvgIpc) is 2.84. The van der Waals surface area contributed by atoms with E-state index < -0.39 is 6.10 Å². The third-order valence-corrected chi connectivity index (χ3v) is 6.25. The van der Waals surface area contributed by atoms with E-state index in [1.807, 2.05) is 6.07 Å². The Morgan fingerprint density at radius 1 is 1.26 bits per heavy atom. The van der Waals surface area contributed by atoms with Crippen molar-refractivity contribution in [3.63, 3.8) is 0 Å². The monoisotopic (exact) mass is 262 g/mol. The Morgan fingerprint density at radius 3 is 2.74 bits per heavy atom. The summed E-state index contributed by atoms with van der Waals surface area (Å²) in [5.74, 6) is 0.143. The predicted octanol–water partition coefficient (Wildman–Crippen LogP) is 3.09. The molecule has 1 spiro atoms. The van der Waals surface area contributed by atoms with E-state index in [1.54, 1.807) is 12.5 Å². The topological polar surface area (TPSA) is 45.9 Å². The van der Waals surface area contributed by atoms with Crippen molar-refractivity contribution in [2.24, 2.45) is 10.8 Å². The van der Waals surface area contributed by atoms with Gasteiger partial charge in [-0.15, -0.1) is 0 Å². The van der Waals surface area contributed by atoms with Crippen LogP contribution in [0.3, 0.4) is 0 Å². The lowest BCUT2D eigenvalue weighted by molar-refractivity contribution is -0.0654. The first kappa shape index (κ1) is 12.0. The van der Waals surface area contributed by atoms with E-state index >= 15 is 0 Å². The van der Waals surface area contributed by atoms with Gasteiger partial charge in [0, 0.05) is 11.3 Å². The van der Waals surface area contributed by atoms with E-state index in [2.05, 4.69) is 20.8 Å². The van der Waals surface area contributed by atoms with Crippen molar-refractivity contribution in [3.05, 3.63) is 24.2 Å². The first-order valence-corrected chi connectivity index (χ1v) is 7.32. The molecule has 5 atom stereocenters. The minimum Gasteiger partial charge on any atom is -0.472 e. The number of ether oxygens (including phenoxy) is 1. The smallest absolute Gasteiger partial charge is 0.115 e. The zero-order chi connectivity index (χ0) is 13.5. The second-order valence-corrected chi connectivity index (χ2v) is 7.45. The summed E-state index contributed by atoms with van der Waals surface area (Å²) in [4.78, 5) is 0. The maximum Gasteiger partial charge on any atom is 0.115 e. The molecule has 1 aromatic rings. The molecule has 3 fully saturated rings. The highest BCUT2D eigenvalue weighted by Crippen LogP contribution is 2.76. The molecule has 1 aromatic heterocycles. The molecular formula is C16H22O3. The maximum atomic E-state index is 10.7. The fourth-order valence-corrected chi connectivity index (χ4v) is 5.48. The van der Waals surface area contributed by atoms with Crippen LogP contribution in [0.1, 0.15) is 51.5 Å². The highest BCUT2D eigenvalue weighted by atomic mass is 16.6. The lowest BCUT2D eigenvalue weighted by atomic mass is 9.54. The molecule has 104 valence electrons. The standard InChI is InChI=1S/C16H22O3/c1-14(2)6-4-7-15(3)11(10-5-8-18-9-10)12(17)13-16(14,15)19-13/h5,8-9,11-13,17H,4,6-7H2,1-3H3/t11-,12-,13-,15+,16+/m1/s1. The number of epoxide rings is 1. The van der Waals surface area contributed by atoms with Gasteiger partial charge in [-0.25, -0.2) is 0 Å². The molecule has 0 unspecified atom stereocenters. The SMILES string of the molecule is CC1(C)CCC[C@@]2(C)[C@H](c3ccoc3)[C@@H](O)[C@H]3O[C@@]312. The lowest BCUT2D eigenvalue weighted by Gasteiger charge is -2.50. The van der Waals surface area contributed by atoms with Gasteiger partial charge in [-0.05, 0) is 29.9 Å². The van der Waals surface area contributed by atoms with Gasteiger partial charge in [0.15, 0.2) is 0 Å². The summed E-state index contributed by atoms with van der Waals surface area (Å²) in [6, 6.07) is 2.00. The second kappa shape index (κ2) is 3.26. The summed E-state index contributed by atoms with van der Waals surface area (Å²) < 4.78 is 11.4. The van der Waals surface area contributed by atoms with Crippen LogP contribution in [0, 0.1) is 10.8 Å². The first-order valence-electron chi connectivity index (χ1n) is 7.32. The van der Waals surface area contributed by atoms with Gasteiger partial charge in [0.05, 0.1) is 18.6 Å². The van der Waals surface area contributed by atoms with Gasteiger partial charge >= 0.3 is 0 Å². The van der Waals surface area contributed by atoms with Gasteiger partial charge in [0.2, 0.25) is 0 Å². The predicted molar refractivity (Wildman–Crippen MR) is 70.8 cm³/mol. The van der Waals surface area contributed by atoms with Gasteiger partial charge in [-0.2, -0.15) is 0 Å². The van der Waals surface area contributed by atoms with Crippen molar-refractivity contribution in [1.29, 1.82) is 0 Å². The number of hydrogen-bond donors (Lipinski definition) is 1. The molecular weight excluding hydrogens is 240 g/mol. The molecule has 2 saturated carbocycles. The number of aliphatic hydroxyl groups excluding tert-OH is 1. The van der Waals surface area contributed by atoms with Crippen LogP contribution in [0.5, 0.6) is 0 Å². The molecule has 1 saturated heterocycles. The van der Waals surface area contributed by atoms with E-state index in [0.717, 1.165) is 12.0 Å². The van der Waals surface area contributed by atoms with Crippen LogP contribution >= 0.6 is 0 Å². The molecule has 1 aliphatic heterocycles. The normalized spacial score (nSPS) is 50.6. The molecule has 2 heterocycles. The molecule has 4 rings (SSSR count). The molecule has 3 aliphatic rings. The zero-order valence-corrected chi connectivity index (χ0v) is 11.8. The molecule has 0 amide bonds. The van der Waals surface area contributed by atoms with Crippen LogP contribution in [0.4, 0.5) is 0 Å². The summed E-state index contributed by atoms with van der Waals surface area (Å²) in [5, 5.41) is 10.7. The molecule has 0 bridgehead atoms. The van der Waals surface area contributed by atoms with Gasteiger partial charge in [0.25, 0.3) is 0 Å². The largest absolute Gasteiger partial charge is 0.472 e. The summed E-state index contributed by atoms with van der Waals surface area (Å²) in [6.45, 7) is 6.91. The van der Waals surface area contributed by atoms with Crippen molar-refractivity contribution >= 4 is 0 Å². The molecule has 3 heteroatoms. The van der Waals surface area contributed by atoms with Crippen LogP contribution in [-0.2, 0) is 4.74 Å². The minimum atomic E-state index is -0.403. The fraction of sp³-hybridized carbons (Fsp3) is 0.750. The quantitative estimate of drug-likeness (QED) is 0.791. The molecule has 0 aromatic carbocycles. The third-order valence-electron chi connectivity index (χ3n) is 6.25. The fourth-order valence-electron chi connectivity index (χ4n) is 5.48. The molecule has 1 N–H and O–H groups in total. The molecule has 2 aliphatic carbocycles. The summed E-state index contributed by atoms with van der Waals surface area (Å²) in [7, 11) is 0. The van der Waals surface area contributed by atoms with E-state index in [4.69, 9.17) is 9.15 Å². The zero-order valence-electron chi connectivity index (χ0n) is 11.8. The van der Waals surface area contributed by atoms with Gasteiger partial charge in [-0.1, -0.05) is 27.2 Å². The Labute approximate surface area is 113 Å². The van der Waals surface area contributed by atoms with Crippen molar-refractivity contribution in [1.82, 2.24) is 0 Å². The molecule has 3 nitrogen and oxygen atoms in total. The Bertz CT molecular complexity index is 506. The minimum absolute atomic E-state index is 0.00713. The highest BCUT2D eigenvalue weighted by molar-refractivity contribution is 5.38. The first-order chi connectivity index (χ1) is 8.94. The Hall–Kier alpha value is -0.800. The summed E-state index contributed by atoms with van der Waals surface area (Å²) >= 11 is 0. The van der Waals surface area contributed by atoms with E-state index in [1.165, 1.54) is 12.8 Å². The van der Waals surface area contributed by atoms with Crippen molar-refractivity contribution in [3.8, 4) is 0 Å². The maximum absolute atomic E-state index is 10.7.